The van der Waals surface area contributed by atoms with E-state index in [-0.39, 0.29) is 37.0 Å². The monoisotopic (exact) mass is 319 g/mol. The maximum absolute atomic E-state index is 12.4. The molecule has 7 heteroatoms. The largest absolute Gasteiger partial charge is 0.336 e. The first kappa shape index (κ1) is 13.8. The lowest BCUT2D eigenvalue weighted by Crippen LogP contribution is -2.45. The molecule has 0 atom stereocenters. The number of urea groups is 1. The molecule has 1 aromatic rings. The molecular formula is C15H17N3O3S. The molecule has 3 heterocycles. The van der Waals surface area contributed by atoms with Gasteiger partial charge >= 0.3 is 6.03 Å². The van der Waals surface area contributed by atoms with Gasteiger partial charge in [0.15, 0.2) is 0 Å². The fraction of sp³-hybridized carbons (Fsp3) is 0.533. The van der Waals surface area contributed by atoms with E-state index >= 15 is 0 Å². The summed E-state index contributed by atoms with van der Waals surface area (Å²) in [5.74, 6) is -0.394. The lowest BCUT2D eigenvalue weighted by atomic mass is 10.1. The summed E-state index contributed by atoms with van der Waals surface area (Å²) < 4.78 is 0. The van der Waals surface area contributed by atoms with Gasteiger partial charge in [0.1, 0.15) is 13.1 Å². The van der Waals surface area contributed by atoms with Gasteiger partial charge in [0.25, 0.3) is 5.91 Å². The summed E-state index contributed by atoms with van der Waals surface area (Å²) >= 11 is 1.72. The Morgan fingerprint density at radius 1 is 1.27 bits per heavy atom. The minimum Gasteiger partial charge on any atom is -0.336 e. The van der Waals surface area contributed by atoms with Gasteiger partial charge in [-0.05, 0) is 36.3 Å². The Labute approximate surface area is 132 Å². The molecule has 2 aliphatic heterocycles. The van der Waals surface area contributed by atoms with Crippen molar-refractivity contribution >= 4 is 29.2 Å². The number of rotatable bonds is 3. The molecule has 116 valence electrons. The number of carbonyl (C=O) groups excluding carboxylic acids is 3. The van der Waals surface area contributed by atoms with Gasteiger partial charge in [0, 0.05) is 24.0 Å². The second kappa shape index (κ2) is 5.08. The molecule has 0 spiro atoms. The molecule has 22 heavy (non-hydrogen) atoms. The van der Waals surface area contributed by atoms with Crippen LogP contribution in [0.3, 0.4) is 0 Å². The van der Waals surface area contributed by atoms with E-state index in [2.05, 4.69) is 0 Å². The van der Waals surface area contributed by atoms with Crippen molar-refractivity contribution < 1.29 is 14.4 Å². The Hall–Kier alpha value is -1.89. The molecule has 0 bridgehead atoms. The third-order valence-corrected chi connectivity index (χ3v) is 5.55. The van der Waals surface area contributed by atoms with E-state index in [9.17, 15) is 14.4 Å². The van der Waals surface area contributed by atoms with Crippen molar-refractivity contribution in [2.24, 2.45) is 0 Å². The van der Waals surface area contributed by atoms with E-state index in [1.807, 2.05) is 11.4 Å². The SMILES string of the molecule is O=C(CN1C(=O)CN(C2CC2)C1=O)N1CCc2sccc2C1. The number of amides is 4. The first-order chi connectivity index (χ1) is 10.6. The quantitative estimate of drug-likeness (QED) is 0.783. The maximum Gasteiger partial charge on any atom is 0.327 e. The van der Waals surface area contributed by atoms with Crippen molar-refractivity contribution in [1.29, 1.82) is 0 Å². The zero-order valence-electron chi connectivity index (χ0n) is 12.2. The van der Waals surface area contributed by atoms with Gasteiger partial charge in [-0.2, -0.15) is 0 Å². The summed E-state index contributed by atoms with van der Waals surface area (Å²) in [6.45, 7) is 1.25. The highest BCUT2D eigenvalue weighted by Gasteiger charge is 2.44. The Bertz CT molecular complexity index is 652. The average Bonchev–Trinajstić information content (AvgIpc) is 3.18. The van der Waals surface area contributed by atoms with Crippen LogP contribution in [0.1, 0.15) is 23.3 Å². The molecule has 1 aromatic heterocycles. The number of imide groups is 1. The number of carbonyl (C=O) groups is 3. The number of thiophene rings is 1. The van der Waals surface area contributed by atoms with Crippen LogP contribution in [-0.2, 0) is 22.6 Å². The van der Waals surface area contributed by atoms with Crippen LogP contribution in [0, 0.1) is 0 Å². The Morgan fingerprint density at radius 3 is 2.86 bits per heavy atom. The van der Waals surface area contributed by atoms with E-state index in [1.54, 1.807) is 21.1 Å². The smallest absolute Gasteiger partial charge is 0.327 e. The topological polar surface area (TPSA) is 60.9 Å². The molecule has 0 aromatic carbocycles. The van der Waals surface area contributed by atoms with Gasteiger partial charge in [-0.3, -0.25) is 14.5 Å². The third kappa shape index (κ3) is 2.29. The van der Waals surface area contributed by atoms with Crippen LogP contribution in [-0.4, -0.2) is 58.2 Å². The zero-order chi connectivity index (χ0) is 15.3. The molecule has 2 fully saturated rings. The Balaban J connectivity index is 1.42. The molecule has 1 aliphatic carbocycles. The number of fused-ring (bicyclic) bond motifs is 1. The highest BCUT2D eigenvalue weighted by molar-refractivity contribution is 7.10. The summed E-state index contributed by atoms with van der Waals surface area (Å²) in [5, 5.41) is 2.04. The number of nitrogens with zero attached hydrogens (tertiary/aromatic N) is 3. The van der Waals surface area contributed by atoms with E-state index < -0.39 is 0 Å². The van der Waals surface area contributed by atoms with Gasteiger partial charge in [0.05, 0.1) is 0 Å². The highest BCUT2D eigenvalue weighted by atomic mass is 32.1. The van der Waals surface area contributed by atoms with Crippen molar-refractivity contribution in [3.8, 4) is 0 Å². The predicted octanol–water partition coefficient (Wildman–Crippen LogP) is 1.06. The van der Waals surface area contributed by atoms with Crippen molar-refractivity contribution in [3.05, 3.63) is 21.9 Å². The van der Waals surface area contributed by atoms with Crippen molar-refractivity contribution in [1.82, 2.24) is 14.7 Å². The normalized spacial score (nSPS) is 21.5. The molecule has 0 radical (unpaired) electrons. The van der Waals surface area contributed by atoms with Gasteiger partial charge in [-0.15, -0.1) is 11.3 Å². The van der Waals surface area contributed by atoms with E-state index in [0.717, 1.165) is 24.2 Å². The van der Waals surface area contributed by atoms with Crippen LogP contribution in [0.15, 0.2) is 11.4 Å². The first-order valence-corrected chi connectivity index (χ1v) is 8.45. The molecule has 3 aliphatic rings. The summed E-state index contributed by atoms with van der Waals surface area (Å²) in [4.78, 5) is 42.5. The second-order valence-electron chi connectivity index (χ2n) is 6.06. The molecule has 1 saturated carbocycles. The molecule has 0 N–H and O–H groups in total. The average molecular weight is 319 g/mol. The molecular weight excluding hydrogens is 302 g/mol. The van der Waals surface area contributed by atoms with Crippen LogP contribution < -0.4 is 0 Å². The second-order valence-corrected chi connectivity index (χ2v) is 7.06. The zero-order valence-corrected chi connectivity index (χ0v) is 13.0. The minimum absolute atomic E-state index is 0.125. The van der Waals surface area contributed by atoms with Gasteiger partial charge in [-0.25, -0.2) is 4.79 Å². The fourth-order valence-corrected chi connectivity index (χ4v) is 3.97. The molecule has 0 unspecified atom stereocenters. The van der Waals surface area contributed by atoms with Crippen molar-refractivity contribution in [2.45, 2.75) is 31.8 Å². The van der Waals surface area contributed by atoms with E-state index in [4.69, 9.17) is 0 Å². The molecule has 6 nitrogen and oxygen atoms in total. The molecule has 4 amide bonds. The lowest BCUT2D eigenvalue weighted by Gasteiger charge is -2.28. The van der Waals surface area contributed by atoms with Gasteiger partial charge in [0.2, 0.25) is 5.91 Å². The summed E-state index contributed by atoms with van der Waals surface area (Å²) in [6.07, 6.45) is 2.79. The summed E-state index contributed by atoms with van der Waals surface area (Å²) in [7, 11) is 0. The summed E-state index contributed by atoms with van der Waals surface area (Å²) in [6, 6.07) is 1.95. The molecule has 1 saturated heterocycles. The van der Waals surface area contributed by atoms with Crippen molar-refractivity contribution in [3.63, 3.8) is 0 Å². The van der Waals surface area contributed by atoms with Crippen LogP contribution in [0.4, 0.5) is 4.79 Å². The van der Waals surface area contributed by atoms with Crippen LogP contribution in [0.2, 0.25) is 0 Å². The number of hydrogen-bond donors (Lipinski definition) is 0. The van der Waals surface area contributed by atoms with Gasteiger partial charge < -0.3 is 9.80 Å². The maximum atomic E-state index is 12.4. The summed E-state index contributed by atoms with van der Waals surface area (Å²) in [5.41, 5.74) is 1.18. The van der Waals surface area contributed by atoms with Crippen LogP contribution in [0.5, 0.6) is 0 Å². The van der Waals surface area contributed by atoms with Crippen LogP contribution >= 0.6 is 11.3 Å². The lowest BCUT2D eigenvalue weighted by molar-refractivity contribution is -0.137. The van der Waals surface area contributed by atoms with E-state index in [0.29, 0.717) is 13.1 Å². The van der Waals surface area contributed by atoms with Gasteiger partial charge in [-0.1, -0.05) is 0 Å². The standard InChI is InChI=1S/C15H17N3O3S/c19-13(16-5-3-12-10(7-16)4-6-22-12)8-18-14(20)9-17(15(18)21)11-1-2-11/h4,6,11H,1-3,5,7-9H2. The predicted molar refractivity (Wildman–Crippen MR) is 80.3 cm³/mol. The van der Waals surface area contributed by atoms with E-state index in [1.165, 1.54) is 10.4 Å². The molecule has 4 rings (SSSR count). The Morgan fingerprint density at radius 2 is 2.09 bits per heavy atom. The minimum atomic E-state index is -0.297. The third-order valence-electron chi connectivity index (χ3n) is 4.52. The highest BCUT2D eigenvalue weighted by Crippen LogP contribution is 2.30. The first-order valence-electron chi connectivity index (χ1n) is 7.57. The van der Waals surface area contributed by atoms with Crippen LogP contribution in [0.25, 0.3) is 0 Å². The van der Waals surface area contributed by atoms with Crippen molar-refractivity contribution in [2.75, 3.05) is 19.6 Å². The Kier molecular flexibility index (Phi) is 3.18. The number of hydrogen-bond acceptors (Lipinski definition) is 4. The fourth-order valence-electron chi connectivity index (χ4n) is 3.08.